The van der Waals surface area contributed by atoms with E-state index in [2.05, 4.69) is 41.1 Å². The van der Waals surface area contributed by atoms with Gasteiger partial charge in [-0.15, -0.1) is 0 Å². The van der Waals surface area contributed by atoms with E-state index in [-0.39, 0.29) is 11.8 Å². The highest BCUT2D eigenvalue weighted by molar-refractivity contribution is 5.93. The van der Waals surface area contributed by atoms with E-state index in [0.29, 0.717) is 13.1 Å². The van der Waals surface area contributed by atoms with Crippen molar-refractivity contribution in [1.82, 2.24) is 14.7 Å². The molecule has 0 atom stereocenters. The van der Waals surface area contributed by atoms with Crippen molar-refractivity contribution in [2.45, 2.75) is 46.0 Å². The molecule has 0 bridgehead atoms. The predicted molar refractivity (Wildman–Crippen MR) is 121 cm³/mol. The molecule has 2 amide bonds. The number of carbonyl (C=O) groups excluding carboxylic acids is 2. The SMILES string of the molecule is CCCN(C(=O)CN1CCN(CC(=O)Nc2ccccc2CC)CC1)C1=CCCC1. The molecule has 1 aromatic carbocycles. The average molecular weight is 413 g/mol. The Labute approximate surface area is 180 Å². The van der Waals surface area contributed by atoms with Crippen molar-refractivity contribution in [2.75, 3.05) is 51.1 Å². The molecule has 1 aliphatic carbocycles. The zero-order chi connectivity index (χ0) is 21.3. The molecule has 1 aliphatic heterocycles. The molecule has 0 radical (unpaired) electrons. The maximum atomic E-state index is 12.9. The van der Waals surface area contributed by atoms with Crippen molar-refractivity contribution in [2.24, 2.45) is 0 Å². The van der Waals surface area contributed by atoms with Gasteiger partial charge < -0.3 is 10.2 Å². The van der Waals surface area contributed by atoms with Gasteiger partial charge in [-0.1, -0.05) is 38.1 Å². The molecule has 0 saturated carbocycles. The lowest BCUT2D eigenvalue weighted by atomic mass is 10.1. The Morgan fingerprint density at radius 2 is 1.73 bits per heavy atom. The number of allylic oxidation sites excluding steroid dienone is 2. The van der Waals surface area contributed by atoms with E-state index >= 15 is 0 Å². The first-order valence-electron chi connectivity index (χ1n) is 11.4. The monoisotopic (exact) mass is 412 g/mol. The van der Waals surface area contributed by atoms with Crippen LogP contribution >= 0.6 is 0 Å². The number of benzene rings is 1. The summed E-state index contributed by atoms with van der Waals surface area (Å²) >= 11 is 0. The van der Waals surface area contributed by atoms with Crippen LogP contribution < -0.4 is 5.32 Å². The Kier molecular flexibility index (Phi) is 8.46. The maximum Gasteiger partial charge on any atom is 0.240 e. The Balaban J connectivity index is 1.44. The van der Waals surface area contributed by atoms with Gasteiger partial charge in [-0.25, -0.2) is 0 Å². The second kappa shape index (κ2) is 11.3. The summed E-state index contributed by atoms with van der Waals surface area (Å²) in [5.41, 5.74) is 3.28. The number of amides is 2. The van der Waals surface area contributed by atoms with Crippen LogP contribution in [-0.2, 0) is 16.0 Å². The molecule has 0 unspecified atom stereocenters. The third-order valence-electron chi connectivity index (χ3n) is 5.98. The number of nitrogens with zero attached hydrogens (tertiary/aromatic N) is 3. The molecule has 0 aromatic heterocycles. The number of rotatable bonds is 9. The molecule has 164 valence electrons. The van der Waals surface area contributed by atoms with Gasteiger partial charge in [0.1, 0.15) is 0 Å². The van der Waals surface area contributed by atoms with Gasteiger partial charge >= 0.3 is 0 Å². The minimum Gasteiger partial charge on any atom is -0.325 e. The van der Waals surface area contributed by atoms with Crippen molar-refractivity contribution < 1.29 is 9.59 Å². The minimum absolute atomic E-state index is 0.0303. The highest BCUT2D eigenvalue weighted by Crippen LogP contribution is 2.22. The van der Waals surface area contributed by atoms with E-state index in [1.54, 1.807) is 0 Å². The lowest BCUT2D eigenvalue weighted by Gasteiger charge is -2.35. The first kappa shape index (κ1) is 22.5. The normalized spacial score (nSPS) is 17.6. The number of aryl methyl sites for hydroxylation is 1. The van der Waals surface area contributed by atoms with Crippen molar-refractivity contribution >= 4 is 17.5 Å². The van der Waals surface area contributed by atoms with Gasteiger partial charge in [0.15, 0.2) is 0 Å². The number of nitrogens with one attached hydrogen (secondary N) is 1. The van der Waals surface area contributed by atoms with E-state index in [0.717, 1.165) is 76.1 Å². The molecule has 6 heteroatoms. The lowest BCUT2D eigenvalue weighted by molar-refractivity contribution is -0.131. The molecular formula is C24H36N4O2. The van der Waals surface area contributed by atoms with Crippen LogP contribution in [0.25, 0.3) is 0 Å². The van der Waals surface area contributed by atoms with Crippen LogP contribution in [0.3, 0.4) is 0 Å². The Hall–Kier alpha value is -2.18. The van der Waals surface area contributed by atoms with Gasteiger partial charge in [-0.3, -0.25) is 19.4 Å². The van der Waals surface area contributed by atoms with Crippen LogP contribution in [0.5, 0.6) is 0 Å². The fourth-order valence-electron chi connectivity index (χ4n) is 4.28. The van der Waals surface area contributed by atoms with E-state index < -0.39 is 0 Å². The second-order valence-corrected chi connectivity index (χ2v) is 8.24. The van der Waals surface area contributed by atoms with E-state index in [1.807, 2.05) is 23.1 Å². The van der Waals surface area contributed by atoms with E-state index in [1.165, 1.54) is 5.70 Å². The highest BCUT2D eigenvalue weighted by atomic mass is 16.2. The first-order valence-corrected chi connectivity index (χ1v) is 11.4. The summed E-state index contributed by atoms with van der Waals surface area (Å²) in [7, 11) is 0. The van der Waals surface area contributed by atoms with Crippen LogP contribution in [-0.4, -0.2) is 72.3 Å². The zero-order valence-corrected chi connectivity index (χ0v) is 18.5. The molecule has 1 fully saturated rings. The minimum atomic E-state index is 0.0303. The van der Waals surface area contributed by atoms with Crippen molar-refractivity contribution in [3.05, 3.63) is 41.6 Å². The molecule has 1 saturated heterocycles. The quantitative estimate of drug-likeness (QED) is 0.677. The van der Waals surface area contributed by atoms with Crippen LogP contribution in [0.15, 0.2) is 36.0 Å². The highest BCUT2D eigenvalue weighted by Gasteiger charge is 2.25. The predicted octanol–water partition coefficient (Wildman–Crippen LogP) is 3.11. The first-order chi connectivity index (χ1) is 14.6. The molecule has 1 N–H and O–H groups in total. The molecular weight excluding hydrogens is 376 g/mol. The molecule has 30 heavy (non-hydrogen) atoms. The number of anilines is 1. The molecule has 1 heterocycles. The maximum absolute atomic E-state index is 12.9. The number of hydrogen-bond acceptors (Lipinski definition) is 4. The van der Waals surface area contributed by atoms with Crippen LogP contribution in [0.2, 0.25) is 0 Å². The van der Waals surface area contributed by atoms with Crippen LogP contribution in [0.1, 0.15) is 45.1 Å². The summed E-state index contributed by atoms with van der Waals surface area (Å²) in [4.78, 5) is 31.8. The second-order valence-electron chi connectivity index (χ2n) is 8.24. The van der Waals surface area contributed by atoms with Gasteiger partial charge in [0.2, 0.25) is 11.8 Å². The number of piperazine rings is 1. The Bertz CT molecular complexity index is 753. The largest absolute Gasteiger partial charge is 0.325 e. The van der Waals surface area contributed by atoms with E-state index in [4.69, 9.17) is 0 Å². The van der Waals surface area contributed by atoms with E-state index in [9.17, 15) is 9.59 Å². The van der Waals surface area contributed by atoms with Gasteiger partial charge in [-0.05, 0) is 43.7 Å². The topological polar surface area (TPSA) is 55.9 Å². The fourth-order valence-corrected chi connectivity index (χ4v) is 4.28. The number of para-hydroxylation sites is 1. The van der Waals surface area contributed by atoms with Crippen LogP contribution in [0.4, 0.5) is 5.69 Å². The smallest absolute Gasteiger partial charge is 0.240 e. The Morgan fingerprint density at radius 1 is 1.03 bits per heavy atom. The summed E-state index contributed by atoms with van der Waals surface area (Å²) < 4.78 is 0. The van der Waals surface area contributed by atoms with Gasteiger partial charge in [0.05, 0.1) is 13.1 Å². The molecule has 6 nitrogen and oxygen atoms in total. The zero-order valence-electron chi connectivity index (χ0n) is 18.5. The standard InChI is InChI=1S/C24H36N4O2/c1-3-13-28(21-10-6-7-11-21)24(30)19-27-16-14-26(15-17-27)18-23(29)25-22-12-8-5-9-20(22)4-2/h5,8-10,12H,3-4,6-7,11,13-19H2,1-2H3,(H,25,29). The average Bonchev–Trinajstić information content (AvgIpc) is 3.28. The van der Waals surface area contributed by atoms with Crippen LogP contribution in [0, 0.1) is 0 Å². The summed E-state index contributed by atoms with van der Waals surface area (Å²) in [6.45, 7) is 9.17. The summed E-state index contributed by atoms with van der Waals surface area (Å²) in [5, 5.41) is 3.05. The number of hydrogen-bond donors (Lipinski definition) is 1. The van der Waals surface area contributed by atoms with Crippen molar-refractivity contribution in [3.8, 4) is 0 Å². The third kappa shape index (κ3) is 6.16. The summed E-state index contributed by atoms with van der Waals surface area (Å²) in [6, 6.07) is 7.96. The molecule has 2 aliphatic rings. The summed E-state index contributed by atoms with van der Waals surface area (Å²) in [5.74, 6) is 0.245. The third-order valence-corrected chi connectivity index (χ3v) is 5.98. The van der Waals surface area contributed by atoms with Crippen molar-refractivity contribution in [3.63, 3.8) is 0 Å². The molecule has 1 aromatic rings. The summed E-state index contributed by atoms with van der Waals surface area (Å²) in [6.07, 6.45) is 7.37. The Morgan fingerprint density at radius 3 is 2.37 bits per heavy atom. The van der Waals surface area contributed by atoms with Crippen molar-refractivity contribution in [1.29, 1.82) is 0 Å². The van der Waals surface area contributed by atoms with Gasteiger partial charge in [0, 0.05) is 44.1 Å². The molecule has 0 spiro atoms. The lowest BCUT2D eigenvalue weighted by Crippen LogP contribution is -2.51. The fraction of sp³-hybridized carbons (Fsp3) is 0.583. The van der Waals surface area contributed by atoms with Gasteiger partial charge in [-0.2, -0.15) is 0 Å². The molecule has 3 rings (SSSR count). The van der Waals surface area contributed by atoms with Gasteiger partial charge in [0.25, 0.3) is 0 Å². The number of carbonyl (C=O) groups is 2.